The molecular formula is C8H13N3O4. The number of carbonyl (C=O) groups excluding carboxylic acids is 1. The van der Waals surface area contributed by atoms with E-state index in [4.69, 9.17) is 9.63 Å². The van der Waals surface area contributed by atoms with Crippen LogP contribution in [-0.2, 0) is 11.2 Å². The molecule has 0 aromatic carbocycles. The summed E-state index contributed by atoms with van der Waals surface area (Å²) in [5.41, 5.74) is 0. The number of aromatic nitrogens is 2. The highest BCUT2D eigenvalue weighted by Gasteiger charge is 2.04. The predicted molar refractivity (Wildman–Crippen MR) is 49.2 cm³/mol. The van der Waals surface area contributed by atoms with Crippen LogP contribution in [0.2, 0.25) is 0 Å². The van der Waals surface area contributed by atoms with E-state index in [-0.39, 0.29) is 13.2 Å². The van der Waals surface area contributed by atoms with Crippen LogP contribution >= 0.6 is 0 Å². The Kier molecular flexibility index (Phi) is 4.55. The molecule has 1 heterocycles. The molecule has 0 aliphatic rings. The van der Waals surface area contributed by atoms with Crippen molar-refractivity contribution in [2.75, 3.05) is 19.8 Å². The van der Waals surface area contributed by atoms with Gasteiger partial charge < -0.3 is 19.7 Å². The summed E-state index contributed by atoms with van der Waals surface area (Å²) in [6, 6.07) is 0. The number of alkyl carbamates (subject to hydrolysis) is 1. The maximum Gasteiger partial charge on any atom is 0.407 e. The molecule has 0 atom stereocenters. The van der Waals surface area contributed by atoms with Gasteiger partial charge in [-0.2, -0.15) is 4.98 Å². The molecule has 7 nitrogen and oxygen atoms in total. The summed E-state index contributed by atoms with van der Waals surface area (Å²) < 4.78 is 9.40. The number of nitrogens with zero attached hydrogens (tertiary/aromatic N) is 2. The lowest BCUT2D eigenvalue weighted by Crippen LogP contribution is -2.27. The first-order chi connectivity index (χ1) is 7.22. The van der Waals surface area contributed by atoms with Crippen LogP contribution in [0.1, 0.15) is 11.7 Å². The van der Waals surface area contributed by atoms with Crippen molar-refractivity contribution in [1.29, 1.82) is 0 Å². The van der Waals surface area contributed by atoms with Crippen LogP contribution in [0.15, 0.2) is 4.52 Å². The third-order valence-corrected chi connectivity index (χ3v) is 1.50. The standard InChI is InChI=1S/C8H13N3O4/c1-6-10-7(15-11-6)2-3-9-8(13)14-5-4-12/h12H,2-5H2,1H3,(H,9,13). The number of nitrogens with one attached hydrogen (secondary N) is 1. The van der Waals surface area contributed by atoms with Crippen molar-refractivity contribution in [3.05, 3.63) is 11.7 Å². The van der Waals surface area contributed by atoms with E-state index in [1.807, 2.05) is 0 Å². The fourth-order valence-corrected chi connectivity index (χ4v) is 0.902. The number of hydrogen-bond donors (Lipinski definition) is 2. The van der Waals surface area contributed by atoms with Crippen LogP contribution in [0.25, 0.3) is 0 Å². The Hall–Kier alpha value is -1.63. The molecule has 0 radical (unpaired) electrons. The Balaban J connectivity index is 2.13. The van der Waals surface area contributed by atoms with E-state index < -0.39 is 6.09 Å². The van der Waals surface area contributed by atoms with Crippen LogP contribution in [0.3, 0.4) is 0 Å². The minimum Gasteiger partial charge on any atom is -0.447 e. The van der Waals surface area contributed by atoms with E-state index in [0.717, 1.165) is 0 Å². The van der Waals surface area contributed by atoms with Gasteiger partial charge in [0.05, 0.1) is 6.61 Å². The first kappa shape index (κ1) is 11.4. The SMILES string of the molecule is Cc1noc(CCNC(=O)OCCO)n1. The molecule has 0 aliphatic carbocycles. The van der Waals surface area contributed by atoms with Gasteiger partial charge in [0.1, 0.15) is 6.61 Å². The van der Waals surface area contributed by atoms with E-state index >= 15 is 0 Å². The number of rotatable bonds is 5. The minimum absolute atomic E-state index is 0.00843. The van der Waals surface area contributed by atoms with E-state index in [0.29, 0.717) is 24.7 Å². The van der Waals surface area contributed by atoms with Crippen molar-refractivity contribution in [2.45, 2.75) is 13.3 Å². The van der Waals surface area contributed by atoms with Gasteiger partial charge in [-0.3, -0.25) is 0 Å². The van der Waals surface area contributed by atoms with Crippen molar-refractivity contribution in [2.24, 2.45) is 0 Å². The molecular weight excluding hydrogens is 202 g/mol. The lowest BCUT2D eigenvalue weighted by atomic mass is 10.4. The van der Waals surface area contributed by atoms with Gasteiger partial charge in [0.25, 0.3) is 0 Å². The lowest BCUT2D eigenvalue weighted by molar-refractivity contribution is 0.119. The van der Waals surface area contributed by atoms with Gasteiger partial charge in [0.2, 0.25) is 5.89 Å². The number of aliphatic hydroxyl groups is 1. The normalized spacial score (nSPS) is 10.0. The Labute approximate surface area is 86.4 Å². The zero-order valence-corrected chi connectivity index (χ0v) is 8.39. The molecule has 0 saturated carbocycles. The summed E-state index contributed by atoms with van der Waals surface area (Å²) in [5.74, 6) is 1.03. The van der Waals surface area contributed by atoms with Crippen LogP contribution in [-0.4, -0.2) is 41.1 Å². The van der Waals surface area contributed by atoms with E-state index in [2.05, 4.69) is 20.2 Å². The summed E-state index contributed by atoms with van der Waals surface area (Å²) in [6.07, 6.45) is -0.116. The number of aryl methyl sites for hydroxylation is 1. The molecule has 0 unspecified atom stereocenters. The van der Waals surface area contributed by atoms with E-state index in [9.17, 15) is 4.79 Å². The number of amides is 1. The molecule has 1 aromatic heterocycles. The molecule has 7 heteroatoms. The molecule has 0 spiro atoms. The average Bonchev–Trinajstić information content (AvgIpc) is 2.61. The zero-order chi connectivity index (χ0) is 11.1. The minimum atomic E-state index is -0.569. The fourth-order valence-electron chi connectivity index (χ4n) is 0.902. The van der Waals surface area contributed by atoms with Crippen molar-refractivity contribution in [3.63, 3.8) is 0 Å². The number of hydrogen-bond acceptors (Lipinski definition) is 6. The highest BCUT2D eigenvalue weighted by Crippen LogP contribution is 1.95. The number of ether oxygens (including phenoxy) is 1. The largest absolute Gasteiger partial charge is 0.447 e. The molecule has 0 saturated heterocycles. The van der Waals surface area contributed by atoms with Crippen molar-refractivity contribution in [3.8, 4) is 0 Å². The molecule has 0 bridgehead atoms. The van der Waals surface area contributed by atoms with Crippen molar-refractivity contribution in [1.82, 2.24) is 15.5 Å². The van der Waals surface area contributed by atoms with Crippen LogP contribution in [0.5, 0.6) is 0 Å². The maximum atomic E-state index is 10.9. The number of aliphatic hydroxyl groups excluding tert-OH is 1. The average molecular weight is 215 g/mol. The van der Waals surface area contributed by atoms with Crippen LogP contribution < -0.4 is 5.32 Å². The van der Waals surface area contributed by atoms with Crippen molar-refractivity contribution >= 4 is 6.09 Å². The van der Waals surface area contributed by atoms with Crippen LogP contribution in [0, 0.1) is 6.92 Å². The highest BCUT2D eigenvalue weighted by atomic mass is 16.6. The van der Waals surface area contributed by atoms with E-state index in [1.165, 1.54) is 0 Å². The molecule has 84 valence electrons. The summed E-state index contributed by atoms with van der Waals surface area (Å²) in [4.78, 5) is 14.8. The highest BCUT2D eigenvalue weighted by molar-refractivity contribution is 5.67. The Bertz CT molecular complexity index is 313. The van der Waals surface area contributed by atoms with Gasteiger partial charge in [0, 0.05) is 13.0 Å². The Morgan fingerprint density at radius 1 is 1.67 bits per heavy atom. The Morgan fingerprint density at radius 2 is 2.47 bits per heavy atom. The molecule has 0 fully saturated rings. The first-order valence-electron chi connectivity index (χ1n) is 4.53. The van der Waals surface area contributed by atoms with Gasteiger partial charge in [-0.15, -0.1) is 0 Å². The zero-order valence-electron chi connectivity index (χ0n) is 8.39. The first-order valence-corrected chi connectivity index (χ1v) is 4.53. The molecule has 1 aromatic rings. The lowest BCUT2D eigenvalue weighted by Gasteiger charge is -2.03. The maximum absolute atomic E-state index is 10.9. The van der Waals surface area contributed by atoms with Gasteiger partial charge in [-0.05, 0) is 6.92 Å². The van der Waals surface area contributed by atoms with Gasteiger partial charge in [-0.1, -0.05) is 5.16 Å². The molecule has 2 N–H and O–H groups in total. The summed E-state index contributed by atoms with van der Waals surface area (Å²) in [6.45, 7) is 1.88. The molecule has 0 aliphatic heterocycles. The molecule has 1 rings (SSSR count). The second kappa shape index (κ2) is 5.97. The fraction of sp³-hybridized carbons (Fsp3) is 0.625. The summed E-state index contributed by atoms with van der Waals surface area (Å²) in [7, 11) is 0. The van der Waals surface area contributed by atoms with Gasteiger partial charge in [0.15, 0.2) is 5.82 Å². The second-order valence-corrected chi connectivity index (χ2v) is 2.77. The third kappa shape index (κ3) is 4.41. The Morgan fingerprint density at radius 3 is 3.07 bits per heavy atom. The number of carbonyl (C=O) groups is 1. The predicted octanol–water partition coefficient (Wildman–Crippen LogP) is -0.361. The monoisotopic (exact) mass is 215 g/mol. The quantitative estimate of drug-likeness (QED) is 0.696. The summed E-state index contributed by atoms with van der Waals surface area (Å²) in [5, 5.41) is 14.5. The third-order valence-electron chi connectivity index (χ3n) is 1.50. The summed E-state index contributed by atoms with van der Waals surface area (Å²) >= 11 is 0. The van der Waals surface area contributed by atoms with E-state index in [1.54, 1.807) is 6.92 Å². The van der Waals surface area contributed by atoms with Crippen molar-refractivity contribution < 1.29 is 19.2 Å². The van der Waals surface area contributed by atoms with Gasteiger partial charge >= 0.3 is 6.09 Å². The topological polar surface area (TPSA) is 97.5 Å². The van der Waals surface area contributed by atoms with Crippen LogP contribution in [0.4, 0.5) is 4.79 Å². The molecule has 1 amide bonds. The smallest absolute Gasteiger partial charge is 0.407 e. The second-order valence-electron chi connectivity index (χ2n) is 2.77. The molecule has 15 heavy (non-hydrogen) atoms. The van der Waals surface area contributed by atoms with Gasteiger partial charge in [-0.25, -0.2) is 4.79 Å².